The number of halogens is 1. The van der Waals surface area contributed by atoms with E-state index in [-0.39, 0.29) is 36.0 Å². The fourth-order valence-electron chi connectivity index (χ4n) is 4.49. The Kier molecular flexibility index (Phi) is 9.63. The van der Waals surface area contributed by atoms with E-state index >= 15 is 0 Å². The number of piperazine rings is 1. The molecule has 1 aliphatic rings. The van der Waals surface area contributed by atoms with Crippen LogP contribution in [0.1, 0.15) is 20.8 Å². The fourth-order valence-corrected chi connectivity index (χ4v) is 7.38. The van der Waals surface area contributed by atoms with Crippen molar-refractivity contribution in [2.24, 2.45) is 5.92 Å². The van der Waals surface area contributed by atoms with Crippen LogP contribution in [0.15, 0.2) is 47.4 Å². The van der Waals surface area contributed by atoms with Gasteiger partial charge < -0.3 is 14.5 Å². The van der Waals surface area contributed by atoms with Crippen molar-refractivity contribution in [3.63, 3.8) is 0 Å². The molecule has 0 aliphatic carbocycles. The summed E-state index contributed by atoms with van der Waals surface area (Å²) in [7, 11) is -2.37. The number of hydrogen-bond acceptors (Lipinski definition) is 7. The summed E-state index contributed by atoms with van der Waals surface area (Å²) in [5.41, 5.74) is 1.51. The van der Waals surface area contributed by atoms with Crippen LogP contribution in [0.25, 0.3) is 0 Å². The van der Waals surface area contributed by atoms with Crippen LogP contribution >= 0.6 is 0 Å². The lowest BCUT2D eigenvalue weighted by Crippen LogP contribution is -2.61. The molecule has 2 N–H and O–H groups in total. The van der Waals surface area contributed by atoms with Gasteiger partial charge in [0, 0.05) is 75.9 Å². The summed E-state index contributed by atoms with van der Waals surface area (Å²) in [6.45, 7) is 6.25. The highest BCUT2D eigenvalue weighted by atomic mass is 32.2. The number of hydrogen-bond donors (Lipinski definition) is 2. The summed E-state index contributed by atoms with van der Waals surface area (Å²) in [5, 5.41) is 0. The van der Waals surface area contributed by atoms with Crippen molar-refractivity contribution in [3.8, 4) is 5.75 Å². The first-order valence-electron chi connectivity index (χ1n) is 12.4. The molecule has 212 valence electrons. The Morgan fingerprint density at radius 3 is 2.13 bits per heavy atom. The minimum Gasteiger partial charge on any atom is -0.497 e. The summed E-state index contributed by atoms with van der Waals surface area (Å²) in [4.78, 5) is 3.96. The lowest BCUT2D eigenvalue weighted by Gasteiger charge is -2.44. The topological polar surface area (TPSA) is 111 Å². The molecule has 3 rings (SSSR count). The van der Waals surface area contributed by atoms with Gasteiger partial charge in [-0.25, -0.2) is 22.3 Å². The molecule has 1 fully saturated rings. The minimum atomic E-state index is -3.85. The first kappa shape index (κ1) is 30.1. The number of sulfonamides is 1. The molecule has 10 nitrogen and oxygen atoms in total. The van der Waals surface area contributed by atoms with Crippen molar-refractivity contribution in [3.05, 3.63) is 48.3 Å². The highest BCUT2D eigenvalue weighted by molar-refractivity contribution is 7.89. The van der Waals surface area contributed by atoms with E-state index in [0.29, 0.717) is 24.5 Å². The maximum Gasteiger partial charge on any atom is 0.280 e. The first-order chi connectivity index (χ1) is 17.7. The summed E-state index contributed by atoms with van der Waals surface area (Å²) >= 11 is 0. The number of methoxy groups -OCH3 is 1. The molecule has 2 aromatic carbocycles. The fraction of sp³-hybridized carbons (Fsp3) is 0.520. The molecule has 1 heterocycles. The Morgan fingerprint density at radius 1 is 1.00 bits per heavy atom. The third-order valence-corrected chi connectivity index (χ3v) is 9.72. The minimum absolute atomic E-state index is 0.0607. The quantitative estimate of drug-likeness (QED) is 0.426. The van der Waals surface area contributed by atoms with Crippen molar-refractivity contribution in [2.75, 3.05) is 57.2 Å². The molecule has 0 radical (unpaired) electrons. The van der Waals surface area contributed by atoms with Crippen LogP contribution in [0.5, 0.6) is 5.75 Å². The molecular formula is C25H38FN5O5S2. The molecule has 0 bridgehead atoms. The summed E-state index contributed by atoms with van der Waals surface area (Å²) in [6.07, 6.45) is 0. The van der Waals surface area contributed by atoms with Crippen LogP contribution in [0.4, 0.5) is 15.8 Å². The van der Waals surface area contributed by atoms with Crippen LogP contribution in [-0.2, 0) is 20.2 Å². The molecule has 0 saturated carbocycles. The Labute approximate surface area is 226 Å². The van der Waals surface area contributed by atoms with Crippen molar-refractivity contribution in [2.45, 2.75) is 37.8 Å². The van der Waals surface area contributed by atoms with Crippen LogP contribution in [0.3, 0.4) is 0 Å². The molecule has 1 unspecified atom stereocenters. The van der Waals surface area contributed by atoms with Gasteiger partial charge in [0.1, 0.15) is 11.6 Å². The summed E-state index contributed by atoms with van der Waals surface area (Å²) in [6, 6.07) is 10.2. The lowest BCUT2D eigenvalue weighted by atomic mass is 10.1. The number of benzene rings is 2. The molecule has 13 heteroatoms. The van der Waals surface area contributed by atoms with Gasteiger partial charge in [-0.15, -0.1) is 0 Å². The van der Waals surface area contributed by atoms with Gasteiger partial charge in [-0.1, -0.05) is 6.92 Å². The third kappa shape index (κ3) is 7.35. The highest BCUT2D eigenvalue weighted by Gasteiger charge is 2.38. The van der Waals surface area contributed by atoms with Crippen LogP contribution in [0, 0.1) is 11.7 Å². The van der Waals surface area contributed by atoms with Gasteiger partial charge in [-0.2, -0.15) is 12.7 Å². The molecule has 0 aromatic heterocycles. The van der Waals surface area contributed by atoms with E-state index in [2.05, 4.69) is 9.44 Å². The van der Waals surface area contributed by atoms with Gasteiger partial charge in [-0.3, -0.25) is 0 Å². The number of ether oxygens (including phenoxy) is 1. The van der Waals surface area contributed by atoms with Gasteiger partial charge in [-0.05, 0) is 50.1 Å². The first-order valence-corrected chi connectivity index (χ1v) is 15.3. The second-order valence-corrected chi connectivity index (χ2v) is 13.4. The predicted molar refractivity (Wildman–Crippen MR) is 148 cm³/mol. The second-order valence-electron chi connectivity index (χ2n) is 9.98. The van der Waals surface area contributed by atoms with Gasteiger partial charge >= 0.3 is 0 Å². The average molecular weight is 572 g/mol. The zero-order valence-corrected chi connectivity index (χ0v) is 24.3. The molecule has 3 atom stereocenters. The Balaban J connectivity index is 1.57. The van der Waals surface area contributed by atoms with Crippen molar-refractivity contribution in [1.29, 1.82) is 0 Å². The zero-order chi connectivity index (χ0) is 28.3. The van der Waals surface area contributed by atoms with Crippen molar-refractivity contribution < 1.29 is 26.0 Å². The number of anilines is 2. The zero-order valence-electron chi connectivity index (χ0n) is 22.7. The molecule has 0 spiro atoms. The Bertz CT molecular complexity index is 1290. The van der Waals surface area contributed by atoms with Crippen LogP contribution in [0.2, 0.25) is 0 Å². The van der Waals surface area contributed by atoms with Gasteiger partial charge in [0.2, 0.25) is 10.0 Å². The molecule has 38 heavy (non-hydrogen) atoms. The average Bonchev–Trinajstić information content (AvgIpc) is 2.85. The molecule has 2 aromatic rings. The SMILES string of the molecule is COc1cc(F)cc(N2C[C@H](C)N(S(=O)(=O)NCC(C)CNS(=O)(=O)c3ccc(N(C)C)cc3)[C@@H](C)C2)c1. The maximum absolute atomic E-state index is 14.0. The molecule has 1 saturated heterocycles. The van der Waals surface area contributed by atoms with Crippen LogP contribution in [-0.4, -0.2) is 80.6 Å². The highest BCUT2D eigenvalue weighted by Crippen LogP contribution is 2.28. The molecule has 1 aliphatic heterocycles. The van der Waals surface area contributed by atoms with E-state index in [0.717, 1.165) is 5.69 Å². The van der Waals surface area contributed by atoms with E-state index < -0.39 is 26.0 Å². The van der Waals surface area contributed by atoms with Gasteiger partial charge in [0.25, 0.3) is 10.2 Å². The van der Waals surface area contributed by atoms with E-state index in [1.165, 1.54) is 35.7 Å². The Morgan fingerprint density at radius 2 is 1.58 bits per heavy atom. The van der Waals surface area contributed by atoms with Gasteiger partial charge in [0.15, 0.2) is 0 Å². The largest absolute Gasteiger partial charge is 0.497 e. The van der Waals surface area contributed by atoms with E-state index in [9.17, 15) is 21.2 Å². The maximum atomic E-state index is 14.0. The number of nitrogens with one attached hydrogen (secondary N) is 2. The van der Waals surface area contributed by atoms with Gasteiger partial charge in [0.05, 0.1) is 12.0 Å². The molecular weight excluding hydrogens is 533 g/mol. The van der Waals surface area contributed by atoms with E-state index in [1.807, 2.05) is 23.9 Å². The van der Waals surface area contributed by atoms with Crippen molar-refractivity contribution >= 4 is 31.6 Å². The van der Waals surface area contributed by atoms with E-state index in [1.54, 1.807) is 39.0 Å². The van der Waals surface area contributed by atoms with Crippen LogP contribution < -0.4 is 24.0 Å². The molecule has 0 amide bonds. The summed E-state index contributed by atoms with van der Waals surface area (Å²) < 4.78 is 77.5. The van der Waals surface area contributed by atoms with Crippen molar-refractivity contribution in [1.82, 2.24) is 13.7 Å². The Hall–Kier alpha value is -2.45. The lowest BCUT2D eigenvalue weighted by molar-refractivity contribution is 0.237. The number of rotatable bonds is 11. The standard InChI is InChI=1S/C25H38FN5O5S2/c1-18(14-27-37(32,33)25-9-7-22(8-10-25)29(4)5)15-28-38(34,35)31-19(2)16-30(17-20(31)3)23-11-21(26)12-24(13-23)36-6/h7-13,18-20,27-28H,14-17H2,1-6H3/t18?,19-,20-/m0/s1. The summed E-state index contributed by atoms with van der Waals surface area (Å²) in [5.74, 6) is -0.328. The monoisotopic (exact) mass is 571 g/mol. The third-order valence-electron chi connectivity index (χ3n) is 6.47. The predicted octanol–water partition coefficient (Wildman–Crippen LogP) is 2.25. The smallest absolute Gasteiger partial charge is 0.280 e. The van der Waals surface area contributed by atoms with E-state index in [4.69, 9.17) is 4.74 Å². The second kappa shape index (κ2) is 12.2. The normalized spacial score (nSPS) is 19.8. The number of nitrogens with zero attached hydrogens (tertiary/aromatic N) is 3.